The number of rotatable bonds is 17. The smallest absolute Gasteiger partial charge is 0.328 e. The normalized spacial score (nSPS) is 11.9. The Morgan fingerprint density at radius 1 is 0.892 bits per heavy atom. The monoisotopic (exact) mass is 593 g/mol. The molecule has 1 rings (SSSR count). The molecule has 1 amide bonds. The van der Waals surface area contributed by atoms with E-state index in [9.17, 15) is 14.2 Å². The molecule has 0 aliphatic heterocycles. The standard InChI is InChI=1S/C15H21NO4.C12H27OPS3/c1-10-7-6-8-11(2)14(10)16(13(17)9-19-4)12(3)15(18)20-5;1-4-7-10-15-14(13,16-11-8-5-2)17-12-9-6-3/h6-8,12H,9H2,1-5H3;4-12H2,1-3H3. The first-order valence-corrected chi connectivity index (χ1v) is 19.6. The predicted octanol–water partition coefficient (Wildman–Crippen LogP) is 8.54. The largest absolute Gasteiger partial charge is 0.467 e. The molecule has 0 saturated heterocycles. The molecule has 10 heteroatoms. The Hall–Kier alpha value is -0.600. The van der Waals surface area contributed by atoms with Gasteiger partial charge in [0.2, 0.25) is 4.75 Å². The van der Waals surface area contributed by atoms with Crippen LogP contribution in [0.5, 0.6) is 0 Å². The fourth-order valence-electron chi connectivity index (χ4n) is 3.26. The number of ether oxygens (including phenoxy) is 2. The van der Waals surface area contributed by atoms with Crippen molar-refractivity contribution in [3.8, 4) is 0 Å². The first-order chi connectivity index (χ1) is 17.6. The quantitative estimate of drug-likeness (QED) is 0.101. The topological polar surface area (TPSA) is 72.9 Å². The van der Waals surface area contributed by atoms with E-state index in [1.165, 1.54) is 57.6 Å². The number of amides is 1. The second-order valence-corrected chi connectivity index (χ2v) is 20.6. The SMILES string of the molecule is CCCCSP(=O)(SCCCC)SCCCC.COCC(=O)N(c1c(C)cccc1C)C(C)C(=O)OC. The molecule has 0 heterocycles. The highest BCUT2D eigenvalue weighted by Gasteiger charge is 2.30. The van der Waals surface area contributed by atoms with Gasteiger partial charge in [-0.25, -0.2) is 4.79 Å². The molecule has 0 spiro atoms. The Labute approximate surface area is 237 Å². The van der Waals surface area contributed by atoms with Gasteiger partial charge < -0.3 is 9.47 Å². The summed E-state index contributed by atoms with van der Waals surface area (Å²) >= 11 is 5.19. The maximum atomic E-state index is 12.7. The van der Waals surface area contributed by atoms with Gasteiger partial charge in [0.25, 0.3) is 5.91 Å². The minimum absolute atomic E-state index is 0.0882. The molecule has 0 saturated carbocycles. The van der Waals surface area contributed by atoms with Gasteiger partial charge in [0.05, 0.1) is 12.8 Å². The molecule has 0 radical (unpaired) electrons. The predicted molar refractivity (Wildman–Crippen MR) is 166 cm³/mol. The minimum Gasteiger partial charge on any atom is -0.467 e. The Bertz CT molecular complexity index is 787. The zero-order valence-electron chi connectivity index (χ0n) is 24.0. The number of methoxy groups -OCH3 is 2. The number of esters is 1. The van der Waals surface area contributed by atoms with Crippen molar-refractivity contribution >= 4 is 56.5 Å². The summed E-state index contributed by atoms with van der Waals surface area (Å²) in [6, 6.07) is 5.01. The number of para-hydroxylation sites is 1. The fourth-order valence-corrected chi connectivity index (χ4v) is 15.3. The molecule has 1 aromatic carbocycles. The molecule has 0 aliphatic carbocycles. The maximum Gasteiger partial charge on any atom is 0.328 e. The third-order valence-electron chi connectivity index (χ3n) is 5.39. The van der Waals surface area contributed by atoms with Crippen LogP contribution in [0.1, 0.15) is 77.3 Å². The van der Waals surface area contributed by atoms with Crippen LogP contribution in [0.25, 0.3) is 0 Å². The second-order valence-electron chi connectivity index (χ2n) is 8.64. The van der Waals surface area contributed by atoms with E-state index in [-0.39, 0.29) is 12.5 Å². The average Bonchev–Trinajstić information content (AvgIpc) is 2.86. The molecule has 1 unspecified atom stereocenters. The van der Waals surface area contributed by atoms with Gasteiger partial charge in [0.1, 0.15) is 12.6 Å². The summed E-state index contributed by atoms with van der Waals surface area (Å²) in [5.41, 5.74) is 2.57. The summed E-state index contributed by atoms with van der Waals surface area (Å²) in [7, 11) is 2.76. The third-order valence-corrected chi connectivity index (χ3v) is 17.9. The van der Waals surface area contributed by atoms with Crippen molar-refractivity contribution in [1.29, 1.82) is 0 Å². The van der Waals surface area contributed by atoms with Crippen LogP contribution in [-0.4, -0.2) is 56.0 Å². The van der Waals surface area contributed by atoms with Crippen LogP contribution in [0, 0.1) is 13.8 Å². The van der Waals surface area contributed by atoms with Crippen LogP contribution < -0.4 is 4.90 Å². The second kappa shape index (κ2) is 21.2. The molecule has 0 N–H and O–H groups in total. The van der Waals surface area contributed by atoms with Gasteiger partial charge in [0, 0.05) is 24.4 Å². The lowest BCUT2D eigenvalue weighted by Crippen LogP contribution is -2.46. The molecule has 0 aliphatic rings. The van der Waals surface area contributed by atoms with E-state index in [4.69, 9.17) is 9.47 Å². The van der Waals surface area contributed by atoms with Crippen molar-refractivity contribution in [2.24, 2.45) is 0 Å². The Morgan fingerprint density at radius 3 is 1.68 bits per heavy atom. The van der Waals surface area contributed by atoms with Gasteiger partial charge in [-0.1, -0.05) is 92.4 Å². The maximum absolute atomic E-state index is 12.7. The summed E-state index contributed by atoms with van der Waals surface area (Å²) in [5.74, 6) is 2.45. The number of hydrogen-bond donors (Lipinski definition) is 0. The number of carbonyl (C=O) groups excluding carboxylic acids is 2. The number of carbonyl (C=O) groups is 2. The lowest BCUT2D eigenvalue weighted by molar-refractivity contribution is -0.143. The fraction of sp³-hybridized carbons (Fsp3) is 0.704. The van der Waals surface area contributed by atoms with Crippen LogP contribution in [0.3, 0.4) is 0 Å². The molecule has 6 nitrogen and oxygen atoms in total. The van der Waals surface area contributed by atoms with Crippen molar-refractivity contribution in [2.75, 3.05) is 43.0 Å². The number of nitrogens with zero attached hydrogens (tertiary/aromatic N) is 1. The van der Waals surface area contributed by atoms with Crippen LogP contribution in [0.4, 0.5) is 5.69 Å². The number of benzene rings is 1. The molecular weight excluding hydrogens is 545 g/mol. The van der Waals surface area contributed by atoms with Crippen molar-refractivity contribution in [2.45, 2.75) is 86.1 Å². The van der Waals surface area contributed by atoms with E-state index in [1.54, 1.807) is 41.1 Å². The van der Waals surface area contributed by atoms with Crippen LogP contribution in [-0.2, 0) is 23.6 Å². The van der Waals surface area contributed by atoms with Crippen molar-refractivity contribution in [1.82, 2.24) is 0 Å². The molecule has 1 atom stereocenters. The number of hydrogen-bond acceptors (Lipinski definition) is 8. The molecule has 1 aromatic rings. The van der Waals surface area contributed by atoms with Gasteiger partial charge in [0.15, 0.2) is 0 Å². The highest BCUT2D eigenvalue weighted by atomic mass is 33.4. The van der Waals surface area contributed by atoms with E-state index in [2.05, 4.69) is 20.8 Å². The summed E-state index contributed by atoms with van der Waals surface area (Å²) in [4.78, 5) is 25.5. The Balaban J connectivity index is 0.000000712. The van der Waals surface area contributed by atoms with Crippen molar-refractivity contribution < 1.29 is 23.6 Å². The van der Waals surface area contributed by atoms with Crippen molar-refractivity contribution in [3.63, 3.8) is 0 Å². The Morgan fingerprint density at radius 2 is 1.32 bits per heavy atom. The highest BCUT2D eigenvalue weighted by Crippen LogP contribution is 2.78. The first kappa shape index (κ1) is 36.4. The van der Waals surface area contributed by atoms with Crippen LogP contribution in [0.2, 0.25) is 0 Å². The summed E-state index contributed by atoms with van der Waals surface area (Å²) in [6.07, 6.45) is 7.18. The summed E-state index contributed by atoms with van der Waals surface area (Å²) < 4.78 is 20.3. The minimum atomic E-state index is -2.06. The lowest BCUT2D eigenvalue weighted by atomic mass is 10.1. The molecule has 0 aromatic heterocycles. The third kappa shape index (κ3) is 14.4. The number of unbranched alkanes of at least 4 members (excludes halogenated alkanes) is 3. The summed E-state index contributed by atoms with van der Waals surface area (Å²) in [5, 5.41) is 0. The van der Waals surface area contributed by atoms with Gasteiger partial charge >= 0.3 is 5.97 Å². The number of anilines is 1. The van der Waals surface area contributed by atoms with Crippen LogP contribution in [0.15, 0.2) is 18.2 Å². The average molecular weight is 594 g/mol. The molecule has 0 fully saturated rings. The zero-order valence-corrected chi connectivity index (χ0v) is 27.4. The van der Waals surface area contributed by atoms with Crippen LogP contribution >= 0.6 is 38.9 Å². The summed E-state index contributed by atoms with van der Waals surface area (Å²) in [6.45, 7) is 11.9. The van der Waals surface area contributed by atoms with E-state index in [0.29, 0.717) is 0 Å². The van der Waals surface area contributed by atoms with E-state index < -0.39 is 16.8 Å². The van der Waals surface area contributed by atoms with E-state index in [0.717, 1.165) is 34.1 Å². The van der Waals surface area contributed by atoms with Gasteiger partial charge in [-0.15, -0.1) is 0 Å². The van der Waals surface area contributed by atoms with Crippen molar-refractivity contribution in [3.05, 3.63) is 29.3 Å². The molecule has 0 bridgehead atoms. The molecule has 37 heavy (non-hydrogen) atoms. The van der Waals surface area contributed by atoms with Gasteiger partial charge in [-0.2, -0.15) is 0 Å². The number of aryl methyl sites for hydroxylation is 2. The highest BCUT2D eigenvalue weighted by molar-refractivity contribution is 9.14. The van der Waals surface area contributed by atoms with Gasteiger partial charge in [-0.05, 0) is 51.2 Å². The molecular formula is C27H48NO5PS3. The zero-order chi connectivity index (χ0) is 28.3. The lowest BCUT2D eigenvalue weighted by Gasteiger charge is -2.30. The molecule has 214 valence electrons. The first-order valence-electron chi connectivity index (χ1n) is 13.1. The van der Waals surface area contributed by atoms with E-state index in [1.807, 2.05) is 32.0 Å². The Kier molecular flexibility index (Phi) is 20.9. The van der Waals surface area contributed by atoms with Gasteiger partial charge in [-0.3, -0.25) is 14.3 Å². The van der Waals surface area contributed by atoms with E-state index >= 15 is 0 Å².